The van der Waals surface area contributed by atoms with E-state index in [4.69, 9.17) is 10.8 Å². The van der Waals surface area contributed by atoms with Crippen molar-refractivity contribution in [1.29, 1.82) is 0 Å². The molecule has 3 rings (SSSR count). The summed E-state index contributed by atoms with van der Waals surface area (Å²) in [4.78, 5) is 20.5. The number of piperazine rings is 1. The Labute approximate surface area is 161 Å². The molecule has 1 aromatic rings. The molecule has 27 heavy (non-hydrogen) atoms. The predicted octanol–water partition coefficient (Wildman–Crippen LogP) is 0.955. The van der Waals surface area contributed by atoms with Crippen LogP contribution >= 0.6 is 0 Å². The van der Waals surface area contributed by atoms with Gasteiger partial charge >= 0.3 is 0 Å². The Kier molecular flexibility index (Phi) is 6.04. The maximum Gasteiger partial charge on any atom is 0.237 e. The Morgan fingerprint density at radius 2 is 1.96 bits per heavy atom. The Hall–Kier alpha value is -2.09. The average Bonchev–Trinajstić information content (AvgIpc) is 3.34. The van der Waals surface area contributed by atoms with Crippen LogP contribution in [0.1, 0.15) is 51.3 Å². The number of nitrogens with one attached hydrogen (secondary N) is 1. The Balaban J connectivity index is 1.51. The van der Waals surface area contributed by atoms with Crippen molar-refractivity contribution in [2.75, 3.05) is 33.2 Å². The molecule has 0 unspecified atom stereocenters. The van der Waals surface area contributed by atoms with Gasteiger partial charge in [0.1, 0.15) is 0 Å². The number of aromatic nitrogens is 2. The normalized spacial score (nSPS) is 20.3. The lowest BCUT2D eigenvalue weighted by Gasteiger charge is -2.43. The Morgan fingerprint density at radius 1 is 1.30 bits per heavy atom. The van der Waals surface area contributed by atoms with Crippen LogP contribution in [0.2, 0.25) is 0 Å². The van der Waals surface area contributed by atoms with E-state index >= 15 is 0 Å². The van der Waals surface area contributed by atoms with Crippen LogP contribution in [0.15, 0.2) is 17.3 Å². The van der Waals surface area contributed by atoms with Crippen LogP contribution in [-0.2, 0) is 11.3 Å². The van der Waals surface area contributed by atoms with E-state index in [1.54, 1.807) is 7.05 Å². The molecule has 150 valence electrons. The first kappa shape index (κ1) is 19.7. The van der Waals surface area contributed by atoms with Gasteiger partial charge in [0, 0.05) is 39.4 Å². The fourth-order valence-corrected chi connectivity index (χ4v) is 3.98. The molecule has 1 amide bonds. The number of nitrogens with zero attached hydrogens (tertiary/aromatic N) is 5. The third-order valence-electron chi connectivity index (χ3n) is 5.97. The summed E-state index contributed by atoms with van der Waals surface area (Å²) in [6.45, 7) is 7.64. The van der Waals surface area contributed by atoms with Gasteiger partial charge in [-0.2, -0.15) is 5.10 Å². The van der Waals surface area contributed by atoms with Crippen molar-refractivity contribution in [3.05, 3.63) is 18.0 Å². The number of hydrogen-bond acceptors (Lipinski definition) is 4. The molecule has 8 nitrogen and oxygen atoms in total. The van der Waals surface area contributed by atoms with Crippen molar-refractivity contribution >= 4 is 11.9 Å². The summed E-state index contributed by atoms with van der Waals surface area (Å²) in [5.41, 5.74) is 5.97. The van der Waals surface area contributed by atoms with Crippen molar-refractivity contribution in [1.82, 2.24) is 24.9 Å². The number of amides is 1. The Morgan fingerprint density at radius 3 is 2.56 bits per heavy atom. The SMILES string of the molecule is CN=C(NCc1ccn(C2CCCC2)n1)N1CCN(C(C)(C)C(N)=O)CC1. The summed E-state index contributed by atoms with van der Waals surface area (Å²) in [6.07, 6.45) is 7.19. The molecule has 1 aliphatic heterocycles. The topological polar surface area (TPSA) is 91.8 Å². The summed E-state index contributed by atoms with van der Waals surface area (Å²) in [5.74, 6) is 0.596. The summed E-state index contributed by atoms with van der Waals surface area (Å²) >= 11 is 0. The molecular weight excluding hydrogens is 342 g/mol. The molecular formula is C19H33N7O. The monoisotopic (exact) mass is 375 g/mol. The molecule has 1 aliphatic carbocycles. The molecule has 1 aromatic heterocycles. The number of aliphatic imine (C=N–C) groups is 1. The highest BCUT2D eigenvalue weighted by molar-refractivity contribution is 5.84. The van der Waals surface area contributed by atoms with Crippen molar-refractivity contribution in [2.24, 2.45) is 10.7 Å². The molecule has 3 N–H and O–H groups in total. The van der Waals surface area contributed by atoms with Crippen LogP contribution in [0, 0.1) is 0 Å². The maximum absolute atomic E-state index is 11.7. The average molecular weight is 376 g/mol. The van der Waals surface area contributed by atoms with Crippen LogP contribution in [0.5, 0.6) is 0 Å². The lowest BCUT2D eigenvalue weighted by atomic mass is 10.0. The summed E-state index contributed by atoms with van der Waals surface area (Å²) < 4.78 is 2.12. The summed E-state index contributed by atoms with van der Waals surface area (Å²) in [5, 5.41) is 8.15. The van der Waals surface area contributed by atoms with Gasteiger partial charge in [-0.05, 0) is 32.8 Å². The van der Waals surface area contributed by atoms with Crippen molar-refractivity contribution < 1.29 is 4.79 Å². The summed E-state index contributed by atoms with van der Waals surface area (Å²) in [6, 6.07) is 2.66. The lowest BCUT2D eigenvalue weighted by molar-refractivity contribution is -0.129. The van der Waals surface area contributed by atoms with Gasteiger partial charge < -0.3 is 16.0 Å². The first-order valence-electron chi connectivity index (χ1n) is 9.96. The van der Waals surface area contributed by atoms with Crippen LogP contribution in [0.25, 0.3) is 0 Å². The van der Waals surface area contributed by atoms with Crippen molar-refractivity contribution in [2.45, 2.75) is 57.7 Å². The molecule has 1 saturated heterocycles. The number of carbonyl (C=O) groups excluding carboxylic acids is 1. The van der Waals surface area contributed by atoms with E-state index < -0.39 is 5.54 Å². The Bertz CT molecular complexity index is 667. The van der Waals surface area contributed by atoms with Crippen molar-refractivity contribution in [3.63, 3.8) is 0 Å². The van der Waals surface area contributed by atoms with E-state index in [9.17, 15) is 4.79 Å². The van der Waals surface area contributed by atoms with E-state index in [0.717, 1.165) is 37.8 Å². The van der Waals surface area contributed by atoms with Gasteiger partial charge in [0.2, 0.25) is 5.91 Å². The molecule has 2 aliphatic rings. The second-order valence-electron chi connectivity index (χ2n) is 8.02. The number of hydrogen-bond donors (Lipinski definition) is 2. The smallest absolute Gasteiger partial charge is 0.237 e. The second kappa shape index (κ2) is 8.29. The van der Waals surface area contributed by atoms with Gasteiger partial charge in [-0.1, -0.05) is 12.8 Å². The van der Waals surface area contributed by atoms with Gasteiger partial charge in [0.25, 0.3) is 0 Å². The van der Waals surface area contributed by atoms with Gasteiger partial charge in [-0.3, -0.25) is 19.4 Å². The fraction of sp³-hybridized carbons (Fsp3) is 0.737. The standard InChI is InChI=1S/C19H33N7O/c1-19(2,17(20)27)25-12-10-24(11-13-25)18(21-3)22-14-15-8-9-26(23-15)16-6-4-5-7-16/h8-9,16H,4-7,10-14H2,1-3H3,(H2,20,27)(H,21,22). The highest BCUT2D eigenvalue weighted by Gasteiger charge is 2.35. The van der Waals surface area contributed by atoms with Crippen LogP contribution in [-0.4, -0.2) is 70.2 Å². The quantitative estimate of drug-likeness (QED) is 0.591. The van der Waals surface area contributed by atoms with Gasteiger partial charge in [0.05, 0.1) is 23.8 Å². The molecule has 8 heteroatoms. The first-order chi connectivity index (χ1) is 12.9. The van der Waals surface area contributed by atoms with Crippen LogP contribution < -0.4 is 11.1 Å². The van der Waals surface area contributed by atoms with E-state index in [1.165, 1.54) is 25.7 Å². The van der Waals surface area contributed by atoms with Crippen LogP contribution in [0.4, 0.5) is 0 Å². The lowest BCUT2D eigenvalue weighted by Crippen LogP contribution is -2.61. The second-order valence-corrected chi connectivity index (χ2v) is 8.02. The maximum atomic E-state index is 11.7. The third-order valence-corrected chi connectivity index (χ3v) is 5.97. The minimum Gasteiger partial charge on any atom is -0.368 e. The molecule has 0 aromatic carbocycles. The van der Waals surface area contributed by atoms with Crippen LogP contribution in [0.3, 0.4) is 0 Å². The zero-order valence-corrected chi connectivity index (χ0v) is 16.8. The minimum atomic E-state index is -0.615. The molecule has 0 atom stereocenters. The summed E-state index contributed by atoms with van der Waals surface area (Å²) in [7, 11) is 1.80. The van der Waals surface area contributed by atoms with E-state index in [2.05, 4.69) is 37.1 Å². The molecule has 0 spiro atoms. The molecule has 1 saturated carbocycles. The first-order valence-corrected chi connectivity index (χ1v) is 9.96. The van der Waals surface area contributed by atoms with Gasteiger partial charge in [-0.25, -0.2) is 0 Å². The fourth-order valence-electron chi connectivity index (χ4n) is 3.98. The zero-order chi connectivity index (χ0) is 19.4. The minimum absolute atomic E-state index is 0.281. The highest BCUT2D eigenvalue weighted by Crippen LogP contribution is 2.28. The van der Waals surface area contributed by atoms with E-state index in [-0.39, 0.29) is 5.91 Å². The van der Waals surface area contributed by atoms with E-state index in [1.807, 2.05) is 13.8 Å². The largest absolute Gasteiger partial charge is 0.368 e. The van der Waals surface area contributed by atoms with Gasteiger partial charge in [0.15, 0.2) is 5.96 Å². The predicted molar refractivity (Wildman–Crippen MR) is 106 cm³/mol. The number of nitrogens with two attached hydrogens (primary N) is 1. The molecule has 2 heterocycles. The third kappa shape index (κ3) is 4.43. The number of rotatable bonds is 5. The number of guanidine groups is 1. The molecule has 2 fully saturated rings. The highest BCUT2D eigenvalue weighted by atomic mass is 16.1. The zero-order valence-electron chi connectivity index (χ0n) is 16.8. The number of carbonyl (C=O) groups is 1. The molecule has 0 radical (unpaired) electrons. The number of primary amides is 1. The van der Waals surface area contributed by atoms with Gasteiger partial charge in [-0.15, -0.1) is 0 Å². The molecule has 0 bridgehead atoms. The van der Waals surface area contributed by atoms with E-state index in [0.29, 0.717) is 12.6 Å². The van der Waals surface area contributed by atoms with Crippen molar-refractivity contribution in [3.8, 4) is 0 Å².